The zero-order chi connectivity index (χ0) is 9.84. The molecule has 1 saturated heterocycles. The van der Waals surface area contributed by atoms with Crippen LogP contribution in [0.5, 0.6) is 0 Å². The molecule has 0 aromatic rings. The Bertz CT molecular complexity index is 205. The van der Waals surface area contributed by atoms with Crippen molar-refractivity contribution in [3.8, 4) is 0 Å². The summed E-state index contributed by atoms with van der Waals surface area (Å²) >= 11 is 0. The number of piperidine rings is 1. The Labute approximate surface area is 79.0 Å². The summed E-state index contributed by atoms with van der Waals surface area (Å²) in [7, 11) is 0. The number of hydrogen-bond donors (Lipinski definition) is 1. The van der Waals surface area contributed by atoms with E-state index in [1.807, 2.05) is 0 Å². The molecule has 1 amide bonds. The van der Waals surface area contributed by atoms with Crippen LogP contribution in [-0.4, -0.2) is 35.1 Å². The van der Waals surface area contributed by atoms with Crippen LogP contribution in [0.2, 0.25) is 0 Å². The zero-order valence-corrected chi connectivity index (χ0v) is 8.12. The van der Waals surface area contributed by atoms with Crippen LogP contribution in [0.4, 0.5) is 0 Å². The molecule has 3 nitrogen and oxygen atoms in total. The minimum absolute atomic E-state index is 0.0882. The summed E-state index contributed by atoms with van der Waals surface area (Å²) in [5, 5.41) is 9.17. The first kappa shape index (κ1) is 10.3. The highest BCUT2D eigenvalue weighted by atomic mass is 16.3. The molecule has 0 spiro atoms. The molecule has 0 saturated carbocycles. The van der Waals surface area contributed by atoms with E-state index in [0.29, 0.717) is 5.57 Å². The van der Waals surface area contributed by atoms with Crippen LogP contribution < -0.4 is 0 Å². The van der Waals surface area contributed by atoms with E-state index in [1.165, 1.54) is 6.42 Å². The van der Waals surface area contributed by atoms with Crippen LogP contribution in [0.1, 0.15) is 26.2 Å². The van der Waals surface area contributed by atoms with Gasteiger partial charge in [0, 0.05) is 18.7 Å². The summed E-state index contributed by atoms with van der Waals surface area (Å²) < 4.78 is 0. The van der Waals surface area contributed by atoms with E-state index in [2.05, 4.69) is 6.58 Å². The van der Waals surface area contributed by atoms with E-state index in [-0.39, 0.29) is 5.91 Å². The second-order valence-corrected chi connectivity index (χ2v) is 3.55. The standard InChI is InChI=1S/C10H17NO2/c1-8(9(2)12)10(13)11-6-4-3-5-7-11/h9,12H,1,3-7H2,2H3. The fourth-order valence-electron chi connectivity index (χ4n) is 1.48. The third kappa shape index (κ3) is 2.56. The molecule has 0 bridgehead atoms. The van der Waals surface area contributed by atoms with Gasteiger partial charge in [-0.1, -0.05) is 6.58 Å². The SMILES string of the molecule is C=C(C(=O)N1CCCCC1)C(C)O. The minimum Gasteiger partial charge on any atom is -0.389 e. The fraction of sp³-hybridized carbons (Fsp3) is 0.700. The predicted octanol–water partition coefficient (Wildman–Crippen LogP) is 0.936. The third-order valence-corrected chi connectivity index (χ3v) is 2.42. The summed E-state index contributed by atoms with van der Waals surface area (Å²) in [6.45, 7) is 6.78. The number of hydrogen-bond acceptors (Lipinski definition) is 2. The Hall–Kier alpha value is -0.830. The van der Waals surface area contributed by atoms with Crippen molar-refractivity contribution in [2.45, 2.75) is 32.3 Å². The van der Waals surface area contributed by atoms with Crippen molar-refractivity contribution in [2.24, 2.45) is 0 Å². The Balaban J connectivity index is 2.50. The Morgan fingerprint density at radius 2 is 1.92 bits per heavy atom. The molecule has 1 aliphatic rings. The molecular weight excluding hydrogens is 166 g/mol. The normalized spacial score (nSPS) is 19.7. The van der Waals surface area contributed by atoms with Crippen molar-refractivity contribution in [1.29, 1.82) is 0 Å². The second kappa shape index (κ2) is 4.42. The second-order valence-electron chi connectivity index (χ2n) is 3.55. The maximum Gasteiger partial charge on any atom is 0.251 e. The molecule has 13 heavy (non-hydrogen) atoms. The van der Waals surface area contributed by atoms with Gasteiger partial charge in [-0.25, -0.2) is 0 Å². The maximum absolute atomic E-state index is 11.6. The summed E-state index contributed by atoms with van der Waals surface area (Å²) in [6.07, 6.45) is 2.61. The van der Waals surface area contributed by atoms with E-state index >= 15 is 0 Å². The van der Waals surface area contributed by atoms with Crippen molar-refractivity contribution in [3.63, 3.8) is 0 Å². The monoisotopic (exact) mass is 183 g/mol. The van der Waals surface area contributed by atoms with Crippen LogP contribution >= 0.6 is 0 Å². The highest BCUT2D eigenvalue weighted by Crippen LogP contribution is 2.12. The molecule has 0 aromatic heterocycles. The largest absolute Gasteiger partial charge is 0.389 e. The topological polar surface area (TPSA) is 40.5 Å². The molecule has 0 radical (unpaired) electrons. The number of carbonyl (C=O) groups is 1. The number of aliphatic hydroxyl groups excluding tert-OH is 1. The first-order valence-electron chi connectivity index (χ1n) is 4.79. The van der Waals surface area contributed by atoms with E-state index in [9.17, 15) is 9.90 Å². The van der Waals surface area contributed by atoms with Crippen LogP contribution in [-0.2, 0) is 4.79 Å². The van der Waals surface area contributed by atoms with Gasteiger partial charge < -0.3 is 10.0 Å². The fourth-order valence-corrected chi connectivity index (χ4v) is 1.48. The van der Waals surface area contributed by atoms with Crippen molar-refractivity contribution in [2.75, 3.05) is 13.1 Å². The summed E-state index contributed by atoms with van der Waals surface area (Å²) in [5.41, 5.74) is 0.307. The first-order chi connectivity index (χ1) is 6.13. The predicted molar refractivity (Wildman–Crippen MR) is 51.3 cm³/mol. The number of aliphatic hydroxyl groups is 1. The average Bonchev–Trinajstić information content (AvgIpc) is 2.17. The van der Waals surface area contributed by atoms with Gasteiger partial charge in [0.25, 0.3) is 5.91 Å². The molecule has 3 heteroatoms. The quantitative estimate of drug-likeness (QED) is 0.647. The Morgan fingerprint density at radius 3 is 2.38 bits per heavy atom. The van der Waals surface area contributed by atoms with Gasteiger partial charge in [0.05, 0.1) is 6.10 Å². The zero-order valence-electron chi connectivity index (χ0n) is 8.12. The van der Waals surface area contributed by atoms with Gasteiger partial charge in [-0.05, 0) is 26.2 Å². The van der Waals surface area contributed by atoms with Crippen LogP contribution in [0.3, 0.4) is 0 Å². The minimum atomic E-state index is -0.727. The molecule has 1 aliphatic heterocycles. The van der Waals surface area contributed by atoms with Gasteiger partial charge in [0.2, 0.25) is 0 Å². The molecule has 0 aliphatic carbocycles. The molecule has 74 valence electrons. The highest BCUT2D eigenvalue weighted by molar-refractivity contribution is 5.93. The van der Waals surface area contributed by atoms with Crippen molar-refractivity contribution in [1.82, 2.24) is 4.90 Å². The Morgan fingerprint density at radius 1 is 1.38 bits per heavy atom. The number of amides is 1. The average molecular weight is 183 g/mol. The maximum atomic E-state index is 11.6. The number of rotatable bonds is 2. The number of likely N-dealkylation sites (tertiary alicyclic amines) is 1. The Kier molecular flexibility index (Phi) is 3.48. The van der Waals surface area contributed by atoms with Crippen LogP contribution in [0, 0.1) is 0 Å². The van der Waals surface area contributed by atoms with Gasteiger partial charge in [-0.2, -0.15) is 0 Å². The lowest BCUT2D eigenvalue weighted by Crippen LogP contribution is -2.38. The van der Waals surface area contributed by atoms with E-state index < -0.39 is 6.10 Å². The van der Waals surface area contributed by atoms with Crippen molar-refractivity contribution < 1.29 is 9.90 Å². The van der Waals surface area contributed by atoms with Crippen LogP contribution in [0.25, 0.3) is 0 Å². The van der Waals surface area contributed by atoms with Gasteiger partial charge in [0.15, 0.2) is 0 Å². The van der Waals surface area contributed by atoms with E-state index in [4.69, 9.17) is 0 Å². The third-order valence-electron chi connectivity index (χ3n) is 2.42. The summed E-state index contributed by atoms with van der Waals surface area (Å²) in [6, 6.07) is 0. The van der Waals surface area contributed by atoms with Crippen molar-refractivity contribution >= 4 is 5.91 Å². The van der Waals surface area contributed by atoms with Gasteiger partial charge in [-0.15, -0.1) is 0 Å². The molecule has 1 N–H and O–H groups in total. The first-order valence-corrected chi connectivity index (χ1v) is 4.79. The van der Waals surface area contributed by atoms with E-state index in [0.717, 1.165) is 25.9 Å². The summed E-state index contributed by atoms with van der Waals surface area (Å²) in [5.74, 6) is -0.0882. The van der Waals surface area contributed by atoms with Crippen LogP contribution in [0.15, 0.2) is 12.2 Å². The molecule has 1 fully saturated rings. The molecule has 1 unspecified atom stereocenters. The van der Waals surface area contributed by atoms with Gasteiger partial charge in [-0.3, -0.25) is 4.79 Å². The summed E-state index contributed by atoms with van der Waals surface area (Å²) in [4.78, 5) is 13.4. The highest BCUT2D eigenvalue weighted by Gasteiger charge is 2.20. The molecular formula is C10H17NO2. The smallest absolute Gasteiger partial charge is 0.251 e. The molecule has 1 rings (SSSR count). The number of carbonyl (C=O) groups excluding carboxylic acids is 1. The lowest BCUT2D eigenvalue weighted by atomic mass is 10.1. The molecule has 1 heterocycles. The lowest BCUT2D eigenvalue weighted by Gasteiger charge is -2.27. The molecule has 0 aromatic carbocycles. The van der Waals surface area contributed by atoms with Gasteiger partial charge in [0.1, 0.15) is 0 Å². The van der Waals surface area contributed by atoms with Gasteiger partial charge >= 0.3 is 0 Å². The van der Waals surface area contributed by atoms with Crippen molar-refractivity contribution in [3.05, 3.63) is 12.2 Å². The lowest BCUT2D eigenvalue weighted by molar-refractivity contribution is -0.128. The number of nitrogens with zero attached hydrogens (tertiary/aromatic N) is 1. The molecule has 1 atom stereocenters. The van der Waals surface area contributed by atoms with E-state index in [1.54, 1.807) is 11.8 Å².